The molecule has 1 N–H and O–H groups in total. The summed E-state index contributed by atoms with van der Waals surface area (Å²) in [4.78, 5) is 27.4. The third-order valence-corrected chi connectivity index (χ3v) is 5.35. The fraction of sp³-hybridized carbons (Fsp3) is 0.440. The molecule has 30 heavy (non-hydrogen) atoms. The average molecular weight is 411 g/mol. The van der Waals surface area contributed by atoms with Gasteiger partial charge in [-0.15, -0.1) is 0 Å². The van der Waals surface area contributed by atoms with Gasteiger partial charge in [-0.25, -0.2) is 0 Å². The van der Waals surface area contributed by atoms with E-state index < -0.39 is 6.04 Å². The van der Waals surface area contributed by atoms with Gasteiger partial charge in [0.2, 0.25) is 5.91 Å². The molecule has 0 aliphatic carbocycles. The summed E-state index contributed by atoms with van der Waals surface area (Å²) in [5.74, 6) is 0.360. The molecule has 5 nitrogen and oxygen atoms in total. The Labute approximate surface area is 180 Å². The molecule has 0 bridgehead atoms. The number of rotatable bonds is 10. The molecule has 0 unspecified atom stereocenters. The van der Waals surface area contributed by atoms with E-state index >= 15 is 0 Å². The second-order valence-electron chi connectivity index (χ2n) is 7.87. The predicted octanol–water partition coefficient (Wildman–Crippen LogP) is 4.06. The van der Waals surface area contributed by atoms with Crippen LogP contribution in [0.4, 0.5) is 0 Å². The fourth-order valence-electron chi connectivity index (χ4n) is 3.12. The fourth-order valence-corrected chi connectivity index (χ4v) is 3.12. The second-order valence-corrected chi connectivity index (χ2v) is 7.87. The van der Waals surface area contributed by atoms with Gasteiger partial charge in [0.05, 0.1) is 0 Å². The topological polar surface area (TPSA) is 58.6 Å². The molecule has 2 aromatic carbocycles. The van der Waals surface area contributed by atoms with Crippen LogP contribution >= 0.6 is 0 Å². The molecule has 0 fully saturated rings. The van der Waals surface area contributed by atoms with Gasteiger partial charge in [-0.05, 0) is 63.3 Å². The summed E-state index contributed by atoms with van der Waals surface area (Å²) in [6.07, 6.45) is 1.52. The van der Waals surface area contributed by atoms with Crippen LogP contribution in [0.2, 0.25) is 0 Å². The van der Waals surface area contributed by atoms with Crippen molar-refractivity contribution in [2.75, 3.05) is 13.2 Å². The van der Waals surface area contributed by atoms with E-state index in [1.165, 1.54) is 0 Å². The lowest BCUT2D eigenvalue weighted by atomic mass is 10.1. The highest BCUT2D eigenvalue weighted by atomic mass is 16.5. The van der Waals surface area contributed by atoms with Gasteiger partial charge < -0.3 is 15.0 Å². The summed E-state index contributed by atoms with van der Waals surface area (Å²) >= 11 is 0. The Kier molecular flexibility index (Phi) is 8.90. The number of hydrogen-bond acceptors (Lipinski definition) is 3. The van der Waals surface area contributed by atoms with Gasteiger partial charge in [0, 0.05) is 12.6 Å². The summed E-state index contributed by atoms with van der Waals surface area (Å²) in [6.45, 7) is 10.1. The first-order valence-corrected chi connectivity index (χ1v) is 10.7. The minimum absolute atomic E-state index is 0.0669. The van der Waals surface area contributed by atoms with Crippen molar-refractivity contribution in [1.29, 1.82) is 0 Å². The Morgan fingerprint density at radius 3 is 2.43 bits per heavy atom. The van der Waals surface area contributed by atoms with Crippen LogP contribution in [0.1, 0.15) is 43.9 Å². The quantitative estimate of drug-likeness (QED) is 0.643. The Hall–Kier alpha value is -2.82. The molecule has 0 aliphatic heterocycles. The zero-order valence-electron chi connectivity index (χ0n) is 18.8. The lowest BCUT2D eigenvalue weighted by molar-refractivity contribution is -0.141. The maximum Gasteiger partial charge on any atom is 0.261 e. The average Bonchev–Trinajstić information content (AvgIpc) is 2.74. The van der Waals surface area contributed by atoms with E-state index in [0.717, 1.165) is 23.1 Å². The SMILES string of the molecule is CC[C@H](C)NC(=O)[C@@H](C)N(CCc1ccccc1)C(=O)COc1cc(C)ccc1C. The van der Waals surface area contributed by atoms with Crippen LogP contribution in [0.3, 0.4) is 0 Å². The van der Waals surface area contributed by atoms with Crippen LogP contribution in [0.5, 0.6) is 5.75 Å². The molecule has 2 aromatic rings. The summed E-state index contributed by atoms with van der Waals surface area (Å²) in [5, 5.41) is 2.98. The number of amides is 2. The summed E-state index contributed by atoms with van der Waals surface area (Å²) in [7, 11) is 0. The number of carbonyl (C=O) groups excluding carboxylic acids is 2. The second kappa shape index (κ2) is 11.4. The summed E-state index contributed by atoms with van der Waals surface area (Å²) < 4.78 is 5.82. The third-order valence-electron chi connectivity index (χ3n) is 5.35. The maximum atomic E-state index is 13.1. The monoisotopic (exact) mass is 410 g/mol. The van der Waals surface area contributed by atoms with Crippen molar-refractivity contribution in [2.45, 2.75) is 59.5 Å². The smallest absolute Gasteiger partial charge is 0.261 e. The van der Waals surface area contributed by atoms with E-state index in [2.05, 4.69) is 5.32 Å². The van der Waals surface area contributed by atoms with Crippen LogP contribution in [0.15, 0.2) is 48.5 Å². The Morgan fingerprint density at radius 1 is 1.07 bits per heavy atom. The molecule has 2 amide bonds. The standard InChI is InChI=1S/C25H34N2O3/c1-6-20(4)26-25(29)21(5)27(15-14-22-10-8-7-9-11-22)24(28)17-30-23-16-18(2)12-13-19(23)3/h7-13,16,20-21H,6,14-15,17H2,1-5H3,(H,26,29)/t20-,21+/m0/s1. The molecule has 0 aromatic heterocycles. The number of nitrogens with one attached hydrogen (secondary N) is 1. The van der Waals surface area contributed by atoms with Crippen molar-refractivity contribution < 1.29 is 14.3 Å². The highest BCUT2D eigenvalue weighted by Crippen LogP contribution is 2.19. The van der Waals surface area contributed by atoms with Crippen molar-refractivity contribution in [1.82, 2.24) is 10.2 Å². The lowest BCUT2D eigenvalue weighted by Crippen LogP contribution is -2.51. The Morgan fingerprint density at radius 2 is 1.77 bits per heavy atom. The molecule has 5 heteroatoms. The summed E-state index contributed by atoms with van der Waals surface area (Å²) in [5.41, 5.74) is 3.18. The van der Waals surface area contributed by atoms with Crippen LogP contribution in [0.25, 0.3) is 0 Å². The van der Waals surface area contributed by atoms with Crippen molar-refractivity contribution in [3.63, 3.8) is 0 Å². The molecule has 0 saturated carbocycles. The van der Waals surface area contributed by atoms with E-state index in [-0.39, 0.29) is 24.5 Å². The number of carbonyl (C=O) groups is 2. The third kappa shape index (κ3) is 6.90. The molecular formula is C25H34N2O3. The van der Waals surface area contributed by atoms with Crippen LogP contribution in [0, 0.1) is 13.8 Å². The zero-order chi connectivity index (χ0) is 22.1. The lowest BCUT2D eigenvalue weighted by Gasteiger charge is -2.29. The van der Waals surface area contributed by atoms with E-state index in [4.69, 9.17) is 4.74 Å². The maximum absolute atomic E-state index is 13.1. The number of benzene rings is 2. The van der Waals surface area contributed by atoms with Gasteiger partial charge in [0.25, 0.3) is 5.91 Å². The molecule has 0 saturated heterocycles. The highest BCUT2D eigenvalue weighted by molar-refractivity contribution is 5.88. The Balaban J connectivity index is 2.10. The predicted molar refractivity (Wildman–Crippen MR) is 121 cm³/mol. The Bertz CT molecular complexity index is 836. The van der Waals surface area contributed by atoms with Gasteiger partial charge >= 0.3 is 0 Å². The molecule has 2 rings (SSSR count). The van der Waals surface area contributed by atoms with Crippen molar-refractivity contribution in [2.24, 2.45) is 0 Å². The molecule has 162 valence electrons. The van der Waals surface area contributed by atoms with E-state index in [1.54, 1.807) is 11.8 Å². The van der Waals surface area contributed by atoms with Gasteiger partial charge in [0.15, 0.2) is 6.61 Å². The van der Waals surface area contributed by atoms with E-state index in [9.17, 15) is 9.59 Å². The minimum atomic E-state index is -0.572. The summed E-state index contributed by atoms with van der Waals surface area (Å²) in [6, 6.07) is 15.4. The van der Waals surface area contributed by atoms with Gasteiger partial charge in [0.1, 0.15) is 11.8 Å². The molecule has 0 aliphatic rings. The number of ether oxygens (including phenoxy) is 1. The normalized spacial score (nSPS) is 12.7. The molecular weight excluding hydrogens is 376 g/mol. The van der Waals surface area contributed by atoms with E-state index in [0.29, 0.717) is 18.7 Å². The van der Waals surface area contributed by atoms with Gasteiger partial charge in [-0.3, -0.25) is 9.59 Å². The van der Waals surface area contributed by atoms with Crippen LogP contribution in [-0.4, -0.2) is 41.9 Å². The highest BCUT2D eigenvalue weighted by Gasteiger charge is 2.26. The molecule has 0 heterocycles. The molecule has 0 radical (unpaired) electrons. The first kappa shape index (κ1) is 23.5. The van der Waals surface area contributed by atoms with Crippen LogP contribution in [-0.2, 0) is 16.0 Å². The zero-order valence-corrected chi connectivity index (χ0v) is 18.8. The first-order chi connectivity index (χ1) is 14.3. The van der Waals surface area contributed by atoms with Crippen molar-refractivity contribution in [3.05, 3.63) is 65.2 Å². The number of hydrogen-bond donors (Lipinski definition) is 1. The minimum Gasteiger partial charge on any atom is -0.483 e. The number of aryl methyl sites for hydroxylation is 2. The van der Waals surface area contributed by atoms with Crippen molar-refractivity contribution in [3.8, 4) is 5.75 Å². The van der Waals surface area contributed by atoms with E-state index in [1.807, 2.05) is 76.2 Å². The first-order valence-electron chi connectivity index (χ1n) is 10.7. The molecule has 2 atom stereocenters. The van der Waals surface area contributed by atoms with Crippen molar-refractivity contribution >= 4 is 11.8 Å². The van der Waals surface area contributed by atoms with Gasteiger partial charge in [-0.2, -0.15) is 0 Å². The molecule has 0 spiro atoms. The number of nitrogens with zero attached hydrogens (tertiary/aromatic N) is 1. The van der Waals surface area contributed by atoms with Crippen LogP contribution < -0.4 is 10.1 Å². The largest absolute Gasteiger partial charge is 0.483 e. The van der Waals surface area contributed by atoms with Gasteiger partial charge in [-0.1, -0.05) is 49.4 Å².